The van der Waals surface area contributed by atoms with Crippen LogP contribution in [0, 0.1) is 12.3 Å². The molecule has 1 amide bonds. The van der Waals surface area contributed by atoms with Crippen molar-refractivity contribution >= 4 is 28.3 Å². The third-order valence-corrected chi connectivity index (χ3v) is 5.00. The van der Waals surface area contributed by atoms with E-state index in [2.05, 4.69) is 17.3 Å². The van der Waals surface area contributed by atoms with Crippen molar-refractivity contribution in [1.82, 2.24) is 9.13 Å². The Morgan fingerprint density at radius 3 is 2.68 bits per heavy atom. The number of para-hydroxylation sites is 2. The molecule has 1 heterocycles. The number of imidazole rings is 1. The first-order valence-electron chi connectivity index (χ1n) is 9.43. The second-order valence-electron chi connectivity index (χ2n) is 6.91. The number of aromatic nitrogens is 2. The molecule has 4 rings (SSSR count). The van der Waals surface area contributed by atoms with E-state index < -0.39 is 0 Å². The maximum atomic E-state index is 13.2. The molecule has 28 heavy (non-hydrogen) atoms. The molecule has 0 saturated heterocycles. The zero-order valence-corrected chi connectivity index (χ0v) is 15.5. The molecule has 5 nitrogen and oxygen atoms in total. The van der Waals surface area contributed by atoms with Crippen LogP contribution in [0.25, 0.3) is 16.7 Å². The molecule has 0 aliphatic heterocycles. The van der Waals surface area contributed by atoms with E-state index in [4.69, 9.17) is 6.42 Å². The normalized spacial score (nSPS) is 13.8. The van der Waals surface area contributed by atoms with Gasteiger partial charge < -0.3 is 5.32 Å². The van der Waals surface area contributed by atoms with Crippen molar-refractivity contribution in [3.8, 4) is 12.3 Å². The molecule has 140 valence electrons. The van der Waals surface area contributed by atoms with Crippen LogP contribution >= 0.6 is 0 Å². The number of terminal acetylenes is 1. The van der Waals surface area contributed by atoms with E-state index >= 15 is 0 Å². The first kappa shape index (κ1) is 17.9. The van der Waals surface area contributed by atoms with Gasteiger partial charge in [0.2, 0.25) is 5.91 Å². The molecule has 0 saturated carbocycles. The second kappa shape index (κ2) is 7.61. The molecule has 1 N–H and O–H groups in total. The number of fused-ring (bicyclic) bond motifs is 1. The number of nitrogens with one attached hydrogen (secondary N) is 1. The van der Waals surface area contributed by atoms with E-state index in [0.29, 0.717) is 11.3 Å². The van der Waals surface area contributed by atoms with Crippen LogP contribution in [0.15, 0.2) is 59.4 Å². The third kappa shape index (κ3) is 3.37. The van der Waals surface area contributed by atoms with Gasteiger partial charge in [-0.05, 0) is 56.0 Å². The van der Waals surface area contributed by atoms with E-state index in [1.165, 1.54) is 4.57 Å². The Kier molecular flexibility index (Phi) is 4.86. The number of hydrogen-bond acceptors (Lipinski definition) is 2. The number of nitrogens with zero attached hydrogens (tertiary/aromatic N) is 2. The van der Waals surface area contributed by atoms with Crippen molar-refractivity contribution in [2.24, 2.45) is 0 Å². The van der Waals surface area contributed by atoms with E-state index in [-0.39, 0.29) is 18.1 Å². The van der Waals surface area contributed by atoms with Crippen molar-refractivity contribution < 1.29 is 4.79 Å². The lowest BCUT2D eigenvalue weighted by molar-refractivity contribution is -0.116. The van der Waals surface area contributed by atoms with Gasteiger partial charge in [-0.2, -0.15) is 0 Å². The standard InChI is InChI=1S/C23H21N3O2/c1-2-17-9-8-10-18(15-17)24-22(27)16-25-20-13-6-7-14-21(20)26(23(25)28)19-11-4-3-5-12-19/h1,6-11,13-15H,3-5,12,16H2,(H,24,27). The molecule has 0 spiro atoms. The fourth-order valence-corrected chi connectivity index (χ4v) is 3.69. The van der Waals surface area contributed by atoms with Gasteiger partial charge in [-0.3, -0.25) is 13.9 Å². The van der Waals surface area contributed by atoms with E-state index in [9.17, 15) is 9.59 Å². The van der Waals surface area contributed by atoms with Crippen LogP contribution in [-0.2, 0) is 11.3 Å². The molecule has 3 aromatic rings. The number of rotatable bonds is 4. The predicted molar refractivity (Wildman–Crippen MR) is 112 cm³/mol. The molecule has 1 aliphatic rings. The number of anilines is 1. The summed E-state index contributed by atoms with van der Waals surface area (Å²) in [7, 11) is 0. The van der Waals surface area contributed by atoms with Crippen molar-refractivity contribution in [3.63, 3.8) is 0 Å². The third-order valence-electron chi connectivity index (χ3n) is 5.00. The van der Waals surface area contributed by atoms with Crippen molar-refractivity contribution in [1.29, 1.82) is 0 Å². The molecule has 5 heteroatoms. The summed E-state index contributed by atoms with van der Waals surface area (Å²) in [6, 6.07) is 14.7. The van der Waals surface area contributed by atoms with Gasteiger partial charge in [0.15, 0.2) is 0 Å². The molecular formula is C23H21N3O2. The summed E-state index contributed by atoms with van der Waals surface area (Å²) < 4.78 is 3.28. The van der Waals surface area contributed by atoms with Gasteiger partial charge in [-0.15, -0.1) is 6.42 Å². The highest BCUT2D eigenvalue weighted by Gasteiger charge is 2.18. The smallest absolute Gasteiger partial charge is 0.324 e. The maximum Gasteiger partial charge on any atom is 0.333 e. The minimum absolute atomic E-state index is 0.0556. The lowest BCUT2D eigenvalue weighted by atomic mass is 10.0. The number of hydrogen-bond donors (Lipinski definition) is 1. The van der Waals surface area contributed by atoms with Crippen molar-refractivity contribution in [2.45, 2.75) is 32.2 Å². The average molecular weight is 371 g/mol. The number of amides is 1. The van der Waals surface area contributed by atoms with Gasteiger partial charge in [-0.1, -0.05) is 30.2 Å². The molecular weight excluding hydrogens is 350 g/mol. The highest BCUT2D eigenvalue weighted by Crippen LogP contribution is 2.24. The number of carbonyl (C=O) groups is 1. The lowest BCUT2D eigenvalue weighted by Gasteiger charge is -2.13. The summed E-state index contributed by atoms with van der Waals surface area (Å²) in [5, 5.41) is 2.83. The maximum absolute atomic E-state index is 13.2. The quantitative estimate of drug-likeness (QED) is 0.709. The Morgan fingerprint density at radius 1 is 1.11 bits per heavy atom. The topological polar surface area (TPSA) is 56.0 Å². The van der Waals surface area contributed by atoms with Crippen molar-refractivity contribution in [3.05, 3.63) is 70.7 Å². The van der Waals surface area contributed by atoms with Crippen LogP contribution < -0.4 is 11.0 Å². The van der Waals surface area contributed by atoms with Gasteiger partial charge in [0, 0.05) is 16.9 Å². The van der Waals surface area contributed by atoms with Crippen LogP contribution in [0.2, 0.25) is 0 Å². The average Bonchev–Trinajstić information content (AvgIpc) is 3.00. The van der Waals surface area contributed by atoms with Crippen LogP contribution in [-0.4, -0.2) is 15.0 Å². The number of carbonyl (C=O) groups excluding carboxylic acids is 1. The summed E-state index contributed by atoms with van der Waals surface area (Å²) in [5.74, 6) is 2.28. The Labute approximate surface area is 163 Å². The zero-order chi connectivity index (χ0) is 19.5. The number of allylic oxidation sites excluding steroid dienone is 2. The lowest BCUT2D eigenvalue weighted by Crippen LogP contribution is -2.29. The Hall–Kier alpha value is -3.52. The number of benzene rings is 2. The minimum atomic E-state index is -0.267. The molecule has 0 unspecified atom stereocenters. The summed E-state index contributed by atoms with van der Waals surface area (Å²) in [6.45, 7) is -0.0556. The minimum Gasteiger partial charge on any atom is -0.324 e. The van der Waals surface area contributed by atoms with Gasteiger partial charge in [-0.25, -0.2) is 4.79 Å². The Bertz CT molecular complexity index is 1170. The van der Waals surface area contributed by atoms with Crippen LogP contribution in [0.5, 0.6) is 0 Å². The van der Waals surface area contributed by atoms with Gasteiger partial charge in [0.1, 0.15) is 6.54 Å². The highest BCUT2D eigenvalue weighted by atomic mass is 16.2. The molecule has 0 fully saturated rings. The fraction of sp³-hybridized carbons (Fsp3) is 0.217. The largest absolute Gasteiger partial charge is 0.333 e. The first-order chi connectivity index (χ1) is 13.7. The first-order valence-corrected chi connectivity index (χ1v) is 9.43. The van der Waals surface area contributed by atoms with Crippen LogP contribution in [0.3, 0.4) is 0 Å². The van der Waals surface area contributed by atoms with Crippen LogP contribution in [0.4, 0.5) is 5.69 Å². The van der Waals surface area contributed by atoms with Gasteiger partial charge in [0.05, 0.1) is 11.0 Å². The van der Waals surface area contributed by atoms with E-state index in [1.54, 1.807) is 28.8 Å². The summed E-state index contributed by atoms with van der Waals surface area (Å²) >= 11 is 0. The van der Waals surface area contributed by atoms with Gasteiger partial charge >= 0.3 is 5.69 Å². The summed E-state index contributed by atoms with van der Waals surface area (Å²) in [5.41, 5.74) is 3.74. The van der Waals surface area contributed by atoms with Gasteiger partial charge in [0.25, 0.3) is 0 Å². The Morgan fingerprint density at radius 2 is 1.93 bits per heavy atom. The van der Waals surface area contributed by atoms with E-state index in [0.717, 1.165) is 42.4 Å². The fourth-order valence-electron chi connectivity index (χ4n) is 3.69. The molecule has 2 aromatic carbocycles. The van der Waals surface area contributed by atoms with E-state index in [1.807, 2.05) is 24.3 Å². The highest BCUT2D eigenvalue weighted by molar-refractivity contribution is 5.92. The molecule has 1 aliphatic carbocycles. The monoisotopic (exact) mass is 371 g/mol. The van der Waals surface area contributed by atoms with Crippen molar-refractivity contribution in [2.75, 3.05) is 5.32 Å². The summed E-state index contributed by atoms with van der Waals surface area (Å²) in [4.78, 5) is 25.8. The molecule has 0 bridgehead atoms. The molecule has 0 radical (unpaired) electrons. The zero-order valence-electron chi connectivity index (χ0n) is 15.5. The Balaban J connectivity index is 1.68. The predicted octanol–water partition coefficient (Wildman–Crippen LogP) is 3.84. The second-order valence-corrected chi connectivity index (χ2v) is 6.91. The molecule has 1 aromatic heterocycles. The SMILES string of the molecule is C#Cc1cccc(NC(=O)Cn2c(=O)n(C3=CCCCC3)c3ccccc32)c1. The van der Waals surface area contributed by atoms with Crippen LogP contribution in [0.1, 0.15) is 31.2 Å². The molecule has 0 atom stereocenters. The summed E-state index contributed by atoms with van der Waals surface area (Å²) in [6.07, 6.45) is 11.6.